The van der Waals surface area contributed by atoms with Gasteiger partial charge in [0.05, 0.1) is 0 Å². The standard InChI is InChI=1S/C10H12N2O.3ClH/c13-10-6-2-4-8-12(10)9-5-1-3-7-11-9;;;/h1,3,5,7H,2,4,6,8H2;3*1H. The molecule has 1 aliphatic heterocycles. The predicted octanol–water partition coefficient (Wildman–Crippen LogP) is 2.86. The van der Waals surface area contributed by atoms with E-state index in [1.54, 1.807) is 11.1 Å². The molecule has 16 heavy (non-hydrogen) atoms. The zero-order chi connectivity index (χ0) is 9.10. The number of pyridine rings is 1. The van der Waals surface area contributed by atoms with Crippen molar-refractivity contribution in [2.45, 2.75) is 19.3 Å². The van der Waals surface area contributed by atoms with Crippen LogP contribution >= 0.6 is 37.2 Å². The monoisotopic (exact) mass is 284 g/mol. The molecular formula is C10H15Cl3N2O. The quantitative estimate of drug-likeness (QED) is 0.795. The molecule has 1 aromatic rings. The topological polar surface area (TPSA) is 33.2 Å². The molecule has 1 saturated heterocycles. The van der Waals surface area contributed by atoms with Crippen LogP contribution in [0.1, 0.15) is 19.3 Å². The van der Waals surface area contributed by atoms with E-state index in [9.17, 15) is 4.79 Å². The van der Waals surface area contributed by atoms with Crippen molar-refractivity contribution in [3.63, 3.8) is 0 Å². The zero-order valence-corrected chi connectivity index (χ0v) is 11.1. The summed E-state index contributed by atoms with van der Waals surface area (Å²) in [6.07, 6.45) is 4.48. The summed E-state index contributed by atoms with van der Waals surface area (Å²) < 4.78 is 0. The molecule has 0 radical (unpaired) electrons. The molecule has 1 aliphatic rings. The van der Waals surface area contributed by atoms with Crippen molar-refractivity contribution < 1.29 is 4.79 Å². The lowest BCUT2D eigenvalue weighted by Gasteiger charge is -2.25. The van der Waals surface area contributed by atoms with E-state index in [0.29, 0.717) is 6.42 Å². The molecule has 0 atom stereocenters. The smallest absolute Gasteiger partial charge is 0.228 e. The third-order valence-electron chi connectivity index (χ3n) is 2.25. The first kappa shape index (κ1) is 17.9. The van der Waals surface area contributed by atoms with Crippen LogP contribution in [0.5, 0.6) is 0 Å². The molecule has 2 rings (SSSR count). The van der Waals surface area contributed by atoms with E-state index in [1.165, 1.54) is 0 Å². The Morgan fingerprint density at radius 2 is 1.88 bits per heavy atom. The van der Waals surface area contributed by atoms with Crippen molar-refractivity contribution in [2.75, 3.05) is 11.4 Å². The highest BCUT2D eigenvalue weighted by molar-refractivity contribution is 5.92. The van der Waals surface area contributed by atoms with Crippen LogP contribution in [-0.2, 0) is 4.79 Å². The van der Waals surface area contributed by atoms with Gasteiger partial charge in [0.15, 0.2) is 0 Å². The SMILES string of the molecule is Cl.Cl.Cl.O=C1CCCCN1c1ccccn1. The van der Waals surface area contributed by atoms with Gasteiger partial charge >= 0.3 is 0 Å². The van der Waals surface area contributed by atoms with Gasteiger partial charge in [0.2, 0.25) is 5.91 Å². The van der Waals surface area contributed by atoms with E-state index in [0.717, 1.165) is 25.2 Å². The van der Waals surface area contributed by atoms with Crippen LogP contribution in [0.25, 0.3) is 0 Å². The Hall–Kier alpha value is -0.510. The van der Waals surface area contributed by atoms with Crippen LogP contribution < -0.4 is 4.90 Å². The molecule has 1 aromatic heterocycles. The van der Waals surface area contributed by atoms with Crippen LogP contribution in [0, 0.1) is 0 Å². The molecule has 0 aliphatic carbocycles. The fraction of sp³-hybridized carbons (Fsp3) is 0.400. The molecule has 0 unspecified atom stereocenters. The summed E-state index contributed by atoms with van der Waals surface area (Å²) in [5, 5.41) is 0. The Kier molecular flexibility index (Phi) is 9.63. The third kappa shape index (κ3) is 4.16. The second-order valence-corrected chi connectivity index (χ2v) is 3.19. The van der Waals surface area contributed by atoms with E-state index in [2.05, 4.69) is 4.98 Å². The average Bonchev–Trinajstić information content (AvgIpc) is 2.20. The number of halogens is 3. The molecule has 0 saturated carbocycles. The number of piperidine rings is 1. The van der Waals surface area contributed by atoms with Crippen LogP contribution in [0.4, 0.5) is 5.82 Å². The van der Waals surface area contributed by atoms with Crippen molar-refractivity contribution in [3.05, 3.63) is 24.4 Å². The number of anilines is 1. The lowest BCUT2D eigenvalue weighted by Crippen LogP contribution is -2.35. The fourth-order valence-electron chi connectivity index (χ4n) is 1.56. The second-order valence-electron chi connectivity index (χ2n) is 3.19. The number of aromatic nitrogens is 1. The first-order valence-electron chi connectivity index (χ1n) is 4.59. The number of carbonyl (C=O) groups excluding carboxylic acids is 1. The van der Waals surface area contributed by atoms with Gasteiger partial charge in [-0.15, -0.1) is 37.2 Å². The lowest BCUT2D eigenvalue weighted by molar-refractivity contribution is -0.119. The molecule has 1 amide bonds. The van der Waals surface area contributed by atoms with Gasteiger partial charge in [-0.3, -0.25) is 9.69 Å². The molecule has 0 bridgehead atoms. The largest absolute Gasteiger partial charge is 0.297 e. The van der Waals surface area contributed by atoms with Gasteiger partial charge in [-0.05, 0) is 25.0 Å². The van der Waals surface area contributed by atoms with E-state index >= 15 is 0 Å². The Bertz CT molecular complexity index is 308. The summed E-state index contributed by atoms with van der Waals surface area (Å²) in [5.74, 6) is 0.983. The maximum absolute atomic E-state index is 11.5. The van der Waals surface area contributed by atoms with Crippen molar-refractivity contribution in [2.24, 2.45) is 0 Å². The van der Waals surface area contributed by atoms with Crippen LogP contribution in [-0.4, -0.2) is 17.4 Å². The summed E-state index contributed by atoms with van der Waals surface area (Å²) in [5.41, 5.74) is 0. The summed E-state index contributed by atoms with van der Waals surface area (Å²) >= 11 is 0. The highest BCUT2D eigenvalue weighted by Crippen LogP contribution is 2.17. The van der Waals surface area contributed by atoms with E-state index in [4.69, 9.17) is 0 Å². The van der Waals surface area contributed by atoms with Gasteiger partial charge in [-0.2, -0.15) is 0 Å². The fourth-order valence-corrected chi connectivity index (χ4v) is 1.56. The summed E-state index contributed by atoms with van der Waals surface area (Å²) in [6, 6.07) is 5.64. The van der Waals surface area contributed by atoms with E-state index in [-0.39, 0.29) is 43.1 Å². The van der Waals surface area contributed by atoms with Crippen LogP contribution in [0.2, 0.25) is 0 Å². The Morgan fingerprint density at radius 1 is 1.12 bits per heavy atom. The molecule has 0 N–H and O–H groups in total. The Balaban J connectivity index is 0. The number of hydrogen-bond donors (Lipinski definition) is 0. The Labute approximate surface area is 114 Å². The normalized spacial score (nSPS) is 14.2. The number of hydrogen-bond acceptors (Lipinski definition) is 2. The van der Waals surface area contributed by atoms with Gasteiger partial charge in [0.25, 0.3) is 0 Å². The highest BCUT2D eigenvalue weighted by atomic mass is 35.5. The van der Waals surface area contributed by atoms with Gasteiger partial charge in [0, 0.05) is 19.2 Å². The number of rotatable bonds is 1. The maximum atomic E-state index is 11.5. The van der Waals surface area contributed by atoms with Crippen molar-refractivity contribution in [1.29, 1.82) is 0 Å². The summed E-state index contributed by atoms with van der Waals surface area (Å²) in [4.78, 5) is 17.4. The minimum absolute atomic E-state index is 0. The predicted molar refractivity (Wildman–Crippen MR) is 72.2 cm³/mol. The number of nitrogens with zero attached hydrogens (tertiary/aromatic N) is 2. The van der Waals surface area contributed by atoms with Crippen LogP contribution in [0.15, 0.2) is 24.4 Å². The van der Waals surface area contributed by atoms with Crippen molar-refractivity contribution >= 4 is 48.9 Å². The third-order valence-corrected chi connectivity index (χ3v) is 2.25. The van der Waals surface area contributed by atoms with Crippen LogP contribution in [0.3, 0.4) is 0 Å². The first-order chi connectivity index (χ1) is 6.38. The summed E-state index contributed by atoms with van der Waals surface area (Å²) in [7, 11) is 0. The molecule has 2 heterocycles. The van der Waals surface area contributed by atoms with Gasteiger partial charge in [-0.1, -0.05) is 6.07 Å². The minimum atomic E-state index is 0. The van der Waals surface area contributed by atoms with Crippen molar-refractivity contribution in [1.82, 2.24) is 4.98 Å². The average molecular weight is 286 g/mol. The summed E-state index contributed by atoms with van der Waals surface area (Å²) in [6.45, 7) is 0.815. The maximum Gasteiger partial charge on any atom is 0.228 e. The molecule has 3 nitrogen and oxygen atoms in total. The Morgan fingerprint density at radius 3 is 2.44 bits per heavy atom. The molecule has 1 fully saturated rings. The lowest BCUT2D eigenvalue weighted by atomic mass is 10.1. The first-order valence-corrected chi connectivity index (χ1v) is 4.59. The molecule has 0 aromatic carbocycles. The molecular weight excluding hydrogens is 270 g/mol. The van der Waals surface area contributed by atoms with Gasteiger partial charge in [0.1, 0.15) is 5.82 Å². The van der Waals surface area contributed by atoms with Crippen molar-refractivity contribution in [3.8, 4) is 0 Å². The number of amides is 1. The second kappa shape index (κ2) is 8.62. The van der Waals surface area contributed by atoms with E-state index < -0.39 is 0 Å². The van der Waals surface area contributed by atoms with E-state index in [1.807, 2.05) is 18.2 Å². The highest BCUT2D eigenvalue weighted by Gasteiger charge is 2.19. The molecule has 0 spiro atoms. The molecule has 6 heteroatoms. The zero-order valence-electron chi connectivity index (χ0n) is 8.67. The number of carbonyl (C=O) groups is 1. The minimum Gasteiger partial charge on any atom is -0.297 e. The molecule has 92 valence electrons. The van der Waals surface area contributed by atoms with Gasteiger partial charge < -0.3 is 0 Å². The van der Waals surface area contributed by atoms with Gasteiger partial charge in [-0.25, -0.2) is 4.98 Å².